The minimum Gasteiger partial charge on any atom is -0.370 e. The van der Waals surface area contributed by atoms with Crippen molar-refractivity contribution >= 4 is 11.7 Å². The Morgan fingerprint density at radius 2 is 1.76 bits per heavy atom. The van der Waals surface area contributed by atoms with Crippen LogP contribution in [0.3, 0.4) is 0 Å². The number of para-hydroxylation sites is 1. The summed E-state index contributed by atoms with van der Waals surface area (Å²) >= 11 is 0. The molecule has 0 aliphatic carbocycles. The van der Waals surface area contributed by atoms with Gasteiger partial charge in [0, 0.05) is 14.1 Å². The van der Waals surface area contributed by atoms with E-state index in [0.29, 0.717) is 11.4 Å². The van der Waals surface area contributed by atoms with Gasteiger partial charge in [0.25, 0.3) is 0 Å². The Hall–Kier alpha value is -2.49. The first kappa shape index (κ1) is 14.9. The Morgan fingerprint density at radius 1 is 1.05 bits per heavy atom. The molecule has 2 aromatic carbocycles. The molecule has 0 fully saturated rings. The fraction of sp³-hybridized carbons (Fsp3) is 0.235. The Kier molecular flexibility index (Phi) is 4.82. The van der Waals surface area contributed by atoms with Gasteiger partial charge in [0.05, 0.1) is 5.69 Å². The SMILES string of the molecule is CCc1cccc(ON(C(=O)N(C)C)c2ccccc2)c1. The van der Waals surface area contributed by atoms with Crippen LogP contribution < -0.4 is 9.90 Å². The highest BCUT2D eigenvalue weighted by Crippen LogP contribution is 2.20. The van der Waals surface area contributed by atoms with Gasteiger partial charge >= 0.3 is 6.03 Å². The Labute approximate surface area is 125 Å². The van der Waals surface area contributed by atoms with Crippen LogP contribution in [0.2, 0.25) is 0 Å². The highest BCUT2D eigenvalue weighted by Gasteiger charge is 2.20. The number of anilines is 1. The molecule has 0 unspecified atom stereocenters. The maximum atomic E-state index is 12.3. The van der Waals surface area contributed by atoms with Gasteiger partial charge in [-0.25, -0.2) is 4.79 Å². The number of nitrogens with zero attached hydrogens (tertiary/aromatic N) is 2. The molecule has 0 saturated carbocycles. The average Bonchev–Trinajstić information content (AvgIpc) is 2.53. The van der Waals surface area contributed by atoms with E-state index in [4.69, 9.17) is 4.84 Å². The number of hydrogen-bond acceptors (Lipinski definition) is 2. The third-order valence-electron chi connectivity index (χ3n) is 3.05. The van der Waals surface area contributed by atoms with Crippen molar-refractivity contribution in [2.45, 2.75) is 13.3 Å². The number of carbonyl (C=O) groups excluding carboxylic acids is 1. The molecule has 2 amide bonds. The number of urea groups is 1. The van der Waals surface area contributed by atoms with E-state index in [1.807, 2.05) is 54.6 Å². The number of carbonyl (C=O) groups is 1. The van der Waals surface area contributed by atoms with Crippen molar-refractivity contribution in [3.63, 3.8) is 0 Å². The molecule has 4 nitrogen and oxygen atoms in total. The van der Waals surface area contributed by atoms with E-state index < -0.39 is 0 Å². The second kappa shape index (κ2) is 6.79. The van der Waals surface area contributed by atoms with Crippen LogP contribution in [0.1, 0.15) is 12.5 Å². The summed E-state index contributed by atoms with van der Waals surface area (Å²) in [6.45, 7) is 2.08. The van der Waals surface area contributed by atoms with E-state index in [9.17, 15) is 4.79 Å². The molecule has 0 aliphatic heterocycles. The van der Waals surface area contributed by atoms with Crippen molar-refractivity contribution in [1.82, 2.24) is 4.90 Å². The van der Waals surface area contributed by atoms with Gasteiger partial charge < -0.3 is 9.74 Å². The number of hydrogen-bond donors (Lipinski definition) is 0. The van der Waals surface area contributed by atoms with Crippen LogP contribution in [0, 0.1) is 0 Å². The second-order valence-corrected chi connectivity index (χ2v) is 4.90. The summed E-state index contributed by atoms with van der Waals surface area (Å²) in [5.41, 5.74) is 1.86. The zero-order valence-corrected chi connectivity index (χ0v) is 12.6. The maximum absolute atomic E-state index is 12.3. The smallest absolute Gasteiger partial charge is 0.357 e. The van der Waals surface area contributed by atoms with Gasteiger partial charge in [-0.15, -0.1) is 5.06 Å². The van der Waals surface area contributed by atoms with Crippen LogP contribution in [0.25, 0.3) is 0 Å². The minimum atomic E-state index is -0.233. The summed E-state index contributed by atoms with van der Waals surface area (Å²) in [6, 6.07) is 16.8. The lowest BCUT2D eigenvalue weighted by molar-refractivity contribution is 0.190. The third-order valence-corrected chi connectivity index (χ3v) is 3.05. The number of benzene rings is 2. The monoisotopic (exact) mass is 284 g/mol. The zero-order chi connectivity index (χ0) is 15.2. The van der Waals surface area contributed by atoms with Gasteiger partial charge in [0.1, 0.15) is 0 Å². The molecule has 4 heteroatoms. The van der Waals surface area contributed by atoms with Gasteiger partial charge in [-0.1, -0.05) is 37.3 Å². The van der Waals surface area contributed by atoms with Crippen LogP contribution in [0.15, 0.2) is 54.6 Å². The van der Waals surface area contributed by atoms with Crippen LogP contribution in [-0.4, -0.2) is 25.0 Å². The van der Waals surface area contributed by atoms with Crippen molar-refractivity contribution in [3.8, 4) is 5.75 Å². The summed E-state index contributed by atoms with van der Waals surface area (Å²) in [5.74, 6) is 0.647. The molecule has 2 rings (SSSR count). The molecular formula is C17H20N2O2. The fourth-order valence-corrected chi connectivity index (χ4v) is 1.87. The molecule has 2 aromatic rings. The van der Waals surface area contributed by atoms with Crippen LogP contribution in [-0.2, 0) is 6.42 Å². The molecule has 0 spiro atoms. The van der Waals surface area contributed by atoms with E-state index >= 15 is 0 Å². The Morgan fingerprint density at radius 3 is 2.38 bits per heavy atom. The maximum Gasteiger partial charge on any atom is 0.357 e. The van der Waals surface area contributed by atoms with Gasteiger partial charge in [-0.05, 0) is 36.2 Å². The largest absolute Gasteiger partial charge is 0.370 e. The number of aryl methyl sites for hydroxylation is 1. The summed E-state index contributed by atoms with van der Waals surface area (Å²) in [4.78, 5) is 19.6. The van der Waals surface area contributed by atoms with E-state index in [1.165, 1.54) is 9.96 Å². The van der Waals surface area contributed by atoms with Gasteiger partial charge in [-0.2, -0.15) is 0 Å². The van der Waals surface area contributed by atoms with Crippen molar-refractivity contribution in [2.75, 3.05) is 19.2 Å². The van der Waals surface area contributed by atoms with Crippen molar-refractivity contribution < 1.29 is 9.63 Å². The molecule has 0 N–H and O–H groups in total. The Bertz CT molecular complexity index is 597. The molecule has 0 bridgehead atoms. The second-order valence-electron chi connectivity index (χ2n) is 4.90. The molecule has 0 aliphatic rings. The predicted molar refractivity (Wildman–Crippen MR) is 84.5 cm³/mol. The fourth-order valence-electron chi connectivity index (χ4n) is 1.87. The molecule has 0 aromatic heterocycles. The van der Waals surface area contributed by atoms with Gasteiger partial charge in [0.15, 0.2) is 5.75 Å². The van der Waals surface area contributed by atoms with Crippen LogP contribution in [0.4, 0.5) is 10.5 Å². The van der Waals surface area contributed by atoms with Crippen molar-refractivity contribution in [3.05, 3.63) is 60.2 Å². The Balaban J connectivity index is 2.30. The van der Waals surface area contributed by atoms with E-state index in [-0.39, 0.29) is 6.03 Å². The van der Waals surface area contributed by atoms with Crippen LogP contribution >= 0.6 is 0 Å². The molecule has 0 heterocycles. The molecule has 0 radical (unpaired) electrons. The number of amides is 2. The van der Waals surface area contributed by atoms with E-state index in [2.05, 4.69) is 6.92 Å². The molecule has 110 valence electrons. The summed E-state index contributed by atoms with van der Waals surface area (Å²) in [5, 5.41) is 1.30. The first-order valence-electron chi connectivity index (χ1n) is 6.95. The number of hydroxylamine groups is 1. The van der Waals surface area contributed by atoms with Gasteiger partial charge in [-0.3, -0.25) is 0 Å². The lowest BCUT2D eigenvalue weighted by Crippen LogP contribution is -2.41. The van der Waals surface area contributed by atoms with Crippen molar-refractivity contribution in [1.29, 1.82) is 0 Å². The first-order chi connectivity index (χ1) is 10.1. The normalized spacial score (nSPS) is 10.0. The third kappa shape index (κ3) is 3.75. The minimum absolute atomic E-state index is 0.233. The molecule has 21 heavy (non-hydrogen) atoms. The average molecular weight is 284 g/mol. The zero-order valence-electron chi connectivity index (χ0n) is 12.6. The van der Waals surface area contributed by atoms with Crippen molar-refractivity contribution in [2.24, 2.45) is 0 Å². The first-order valence-corrected chi connectivity index (χ1v) is 6.95. The van der Waals surface area contributed by atoms with Crippen LogP contribution in [0.5, 0.6) is 5.75 Å². The van der Waals surface area contributed by atoms with E-state index in [0.717, 1.165) is 12.0 Å². The molecule has 0 atom stereocenters. The highest BCUT2D eigenvalue weighted by atomic mass is 16.7. The van der Waals surface area contributed by atoms with Gasteiger partial charge in [0.2, 0.25) is 0 Å². The number of rotatable bonds is 4. The molecular weight excluding hydrogens is 264 g/mol. The van der Waals surface area contributed by atoms with E-state index in [1.54, 1.807) is 14.1 Å². The quantitative estimate of drug-likeness (QED) is 0.801. The highest BCUT2D eigenvalue weighted by molar-refractivity contribution is 5.89. The molecule has 0 saturated heterocycles. The standard InChI is InChI=1S/C17H20N2O2/c1-4-14-9-8-12-16(13-14)21-19(17(20)18(2)3)15-10-6-5-7-11-15/h5-13H,4H2,1-3H3. The summed E-state index contributed by atoms with van der Waals surface area (Å²) < 4.78 is 0. The topological polar surface area (TPSA) is 32.8 Å². The summed E-state index contributed by atoms with van der Waals surface area (Å²) in [7, 11) is 3.40. The predicted octanol–water partition coefficient (Wildman–Crippen LogP) is 3.73. The lowest BCUT2D eigenvalue weighted by atomic mass is 10.2. The summed E-state index contributed by atoms with van der Waals surface area (Å²) in [6.07, 6.45) is 0.921. The lowest BCUT2D eigenvalue weighted by Gasteiger charge is -2.25.